The molecule has 0 aliphatic heterocycles. The standard InChI is InChI=1S/C37H64O3.C36H62O3/c1-12-32(4,5)31(38)40-25-39-28-17-20-35(9)27(24-28)15-16-29-34(8)22-23-36(10,30(34)18-21-37(29,35)11)33(6,7)19-13-14-26(2)3;1-11-26(4)31(37)39-24-38-28-16-19-34(8)27(23-28)14-15-29-33(7)21-22-35(9,30(33)17-20-36(29,34)10)32(5,6)18-12-13-25(2)3/h15,26,28-30H,12-14,16-25H2,1-11H3;14,25-26,28-30H,11-13,15-24H2,1-10H3/t28?,29-,30-,34-,35-,36-,37-;26?,28?,29-,30-,33-,34-,35-,36-/m00/s1. The summed E-state index contributed by atoms with van der Waals surface area (Å²) in [7, 11) is 0. The van der Waals surface area contributed by atoms with Crippen LogP contribution in [0.3, 0.4) is 0 Å². The summed E-state index contributed by atoms with van der Waals surface area (Å²) >= 11 is 0. The monoisotopic (exact) mass is 1100 g/mol. The molecule has 454 valence electrons. The van der Waals surface area contributed by atoms with Crippen molar-refractivity contribution >= 4 is 11.9 Å². The molecule has 0 bridgehead atoms. The molecular weight excluding hydrogens is 973 g/mol. The number of hydrogen-bond donors (Lipinski definition) is 0. The fourth-order valence-corrected chi connectivity index (χ4v) is 20.6. The van der Waals surface area contributed by atoms with Crippen molar-refractivity contribution in [3.63, 3.8) is 0 Å². The summed E-state index contributed by atoms with van der Waals surface area (Å²) in [6.07, 6.45) is 35.4. The first-order valence-electron chi connectivity index (χ1n) is 33.6. The Labute approximate surface area is 487 Å². The molecule has 8 rings (SSSR count). The van der Waals surface area contributed by atoms with Gasteiger partial charge in [0.2, 0.25) is 0 Å². The van der Waals surface area contributed by atoms with Gasteiger partial charge in [0.15, 0.2) is 13.6 Å². The van der Waals surface area contributed by atoms with E-state index in [1.165, 1.54) is 116 Å². The minimum absolute atomic E-state index is 0.0549. The smallest absolute Gasteiger partial charge is 0.313 e. The Hall–Kier alpha value is -1.66. The number of rotatable bonds is 20. The van der Waals surface area contributed by atoms with Gasteiger partial charge in [-0.25, -0.2) is 0 Å². The molecule has 0 aromatic carbocycles. The van der Waals surface area contributed by atoms with Crippen LogP contribution >= 0.6 is 0 Å². The average Bonchev–Trinajstić information content (AvgIpc) is 3.86. The summed E-state index contributed by atoms with van der Waals surface area (Å²) < 4.78 is 23.3. The van der Waals surface area contributed by atoms with Crippen LogP contribution in [0.4, 0.5) is 0 Å². The van der Waals surface area contributed by atoms with Crippen LogP contribution in [-0.2, 0) is 28.5 Å². The quantitative estimate of drug-likeness (QED) is 0.0687. The van der Waals surface area contributed by atoms with Crippen molar-refractivity contribution < 1.29 is 28.5 Å². The van der Waals surface area contributed by atoms with Gasteiger partial charge in [0, 0.05) is 0 Å². The number of allylic oxidation sites excluding steroid dienone is 2. The molecule has 0 heterocycles. The predicted molar refractivity (Wildman–Crippen MR) is 329 cm³/mol. The zero-order chi connectivity index (χ0) is 58.6. The zero-order valence-corrected chi connectivity index (χ0v) is 55.7. The lowest BCUT2D eigenvalue weighted by molar-refractivity contribution is -0.176. The molecule has 6 saturated carbocycles. The van der Waals surface area contributed by atoms with E-state index in [1.807, 2.05) is 34.6 Å². The minimum atomic E-state index is -0.446. The first kappa shape index (κ1) is 64.9. The van der Waals surface area contributed by atoms with Crippen LogP contribution in [0.25, 0.3) is 0 Å². The number of esters is 2. The van der Waals surface area contributed by atoms with Crippen LogP contribution < -0.4 is 0 Å². The molecule has 15 atom stereocenters. The molecule has 6 fully saturated rings. The van der Waals surface area contributed by atoms with Crippen LogP contribution in [0.5, 0.6) is 0 Å². The second kappa shape index (κ2) is 23.7. The van der Waals surface area contributed by atoms with Crippen LogP contribution in [0, 0.1) is 101 Å². The van der Waals surface area contributed by atoms with E-state index in [0.29, 0.717) is 43.3 Å². The fourth-order valence-electron chi connectivity index (χ4n) is 20.6. The predicted octanol–water partition coefficient (Wildman–Crippen LogP) is 20.7. The first-order chi connectivity index (χ1) is 36.6. The second-order valence-electron chi connectivity index (χ2n) is 33.6. The van der Waals surface area contributed by atoms with E-state index in [2.05, 4.69) is 123 Å². The lowest BCUT2D eigenvalue weighted by Crippen LogP contribution is -2.59. The van der Waals surface area contributed by atoms with E-state index in [1.54, 1.807) is 11.1 Å². The van der Waals surface area contributed by atoms with E-state index < -0.39 is 5.41 Å². The maximum absolute atomic E-state index is 12.4. The maximum atomic E-state index is 12.4. The van der Waals surface area contributed by atoms with Gasteiger partial charge >= 0.3 is 11.9 Å². The number of ether oxygens (including phenoxy) is 4. The highest BCUT2D eigenvalue weighted by atomic mass is 16.7. The molecule has 0 amide bonds. The van der Waals surface area contributed by atoms with Crippen LogP contribution in [0.15, 0.2) is 23.3 Å². The first-order valence-corrected chi connectivity index (χ1v) is 33.6. The topological polar surface area (TPSA) is 71.1 Å². The van der Waals surface area contributed by atoms with Crippen molar-refractivity contribution in [2.45, 2.75) is 312 Å². The van der Waals surface area contributed by atoms with Crippen molar-refractivity contribution in [1.82, 2.24) is 0 Å². The van der Waals surface area contributed by atoms with Gasteiger partial charge in [-0.2, -0.15) is 0 Å². The van der Waals surface area contributed by atoms with E-state index >= 15 is 0 Å². The molecule has 0 saturated heterocycles. The van der Waals surface area contributed by atoms with Gasteiger partial charge in [0.1, 0.15) is 0 Å². The highest BCUT2D eigenvalue weighted by Crippen LogP contribution is 2.78. The average molecular weight is 1100 g/mol. The molecule has 0 radical (unpaired) electrons. The number of hydrogen-bond acceptors (Lipinski definition) is 6. The Bertz CT molecular complexity index is 2180. The number of carbonyl (C=O) groups is 2. The summed E-state index contributed by atoms with van der Waals surface area (Å²) in [5, 5.41) is 0. The van der Waals surface area contributed by atoms with Gasteiger partial charge in [-0.1, -0.05) is 181 Å². The molecule has 0 N–H and O–H groups in total. The van der Waals surface area contributed by atoms with Crippen LogP contribution in [0.1, 0.15) is 299 Å². The number of fused-ring (bicyclic) bond motifs is 10. The van der Waals surface area contributed by atoms with Crippen molar-refractivity contribution in [3.05, 3.63) is 23.3 Å². The highest BCUT2D eigenvalue weighted by Gasteiger charge is 2.70. The van der Waals surface area contributed by atoms with Crippen molar-refractivity contribution in [1.29, 1.82) is 0 Å². The Morgan fingerprint density at radius 1 is 0.544 bits per heavy atom. The van der Waals surface area contributed by atoms with Gasteiger partial charge in [-0.15, -0.1) is 0 Å². The van der Waals surface area contributed by atoms with Crippen LogP contribution in [0.2, 0.25) is 0 Å². The van der Waals surface area contributed by atoms with Crippen LogP contribution in [-0.4, -0.2) is 37.7 Å². The normalized spacial score (nSPS) is 40.3. The molecule has 8 aliphatic rings. The summed E-state index contributed by atoms with van der Waals surface area (Å²) in [6, 6.07) is 0. The molecule has 0 aromatic heterocycles. The van der Waals surface area contributed by atoms with Gasteiger partial charge in [0.05, 0.1) is 23.5 Å². The largest absolute Gasteiger partial charge is 0.438 e. The Morgan fingerprint density at radius 2 is 0.949 bits per heavy atom. The SMILES string of the molecule is CCC(C)(C)C(=O)OCOC1CC[C@@]2(C)C(=CC[C@H]3[C@]4(C)CC[C@](C)(C(C)(C)CCCC(C)C)[C@H]4CC[C@@]32C)C1.CCC(C)C(=O)OCOC1CC[C@@]2(C)C(=CC[C@H]3[C@]4(C)CC[C@](C)(C(C)(C)CCCC(C)C)[C@H]4CC[C@@]32C)C1. The zero-order valence-electron chi connectivity index (χ0n) is 55.7. The van der Waals surface area contributed by atoms with Crippen molar-refractivity contribution in [3.8, 4) is 0 Å². The summed E-state index contributed by atoms with van der Waals surface area (Å²) in [5.41, 5.74) is 6.51. The van der Waals surface area contributed by atoms with Crippen molar-refractivity contribution in [2.24, 2.45) is 101 Å². The molecule has 8 aliphatic carbocycles. The third-order valence-electron chi connectivity index (χ3n) is 28.2. The van der Waals surface area contributed by atoms with Gasteiger partial charge in [-0.3, -0.25) is 9.59 Å². The molecule has 3 unspecified atom stereocenters. The van der Waals surface area contributed by atoms with Gasteiger partial charge in [0.25, 0.3) is 0 Å². The second-order valence-corrected chi connectivity index (χ2v) is 33.6. The van der Waals surface area contributed by atoms with E-state index in [9.17, 15) is 9.59 Å². The lowest BCUT2D eigenvalue weighted by atomic mass is 9.38. The third-order valence-corrected chi connectivity index (χ3v) is 28.2. The molecule has 0 spiro atoms. The molecule has 6 heteroatoms. The fraction of sp³-hybridized carbons (Fsp3) is 0.918. The molecule has 0 aromatic rings. The minimum Gasteiger partial charge on any atom is -0.438 e. The van der Waals surface area contributed by atoms with E-state index in [-0.39, 0.29) is 54.5 Å². The summed E-state index contributed by atoms with van der Waals surface area (Å²) in [6.45, 7) is 51.3. The Morgan fingerprint density at radius 3 is 1.33 bits per heavy atom. The Balaban J connectivity index is 0.000000229. The van der Waals surface area contributed by atoms with Gasteiger partial charge in [-0.05, 0) is 232 Å². The third kappa shape index (κ3) is 11.5. The highest BCUT2D eigenvalue weighted by molar-refractivity contribution is 5.75. The number of carbonyl (C=O) groups excluding carboxylic acids is 2. The van der Waals surface area contributed by atoms with Crippen molar-refractivity contribution in [2.75, 3.05) is 13.6 Å². The summed E-state index contributed by atoms with van der Waals surface area (Å²) in [4.78, 5) is 24.5. The summed E-state index contributed by atoms with van der Waals surface area (Å²) in [5.74, 6) is 4.45. The van der Waals surface area contributed by atoms with E-state index in [0.717, 1.165) is 74.0 Å². The maximum Gasteiger partial charge on any atom is 0.313 e. The lowest BCUT2D eigenvalue weighted by Gasteiger charge is -2.66. The molecule has 79 heavy (non-hydrogen) atoms. The molecule has 6 nitrogen and oxygen atoms in total. The van der Waals surface area contributed by atoms with E-state index in [4.69, 9.17) is 18.9 Å². The Kier molecular flexibility index (Phi) is 19.4. The molecular formula is C73H126O6. The van der Waals surface area contributed by atoms with Gasteiger partial charge < -0.3 is 18.9 Å².